The molecule has 1 fully saturated rings. The molecule has 1 N–H and O–H groups in total. The van der Waals surface area contributed by atoms with E-state index < -0.39 is 16.0 Å². The average Bonchev–Trinajstić information content (AvgIpc) is 3.16. The zero-order valence-corrected chi connectivity index (χ0v) is 17.1. The number of hydrogen-bond acceptors (Lipinski definition) is 7. The molecule has 9 nitrogen and oxygen atoms in total. The number of esters is 1. The molecule has 0 unspecified atom stereocenters. The summed E-state index contributed by atoms with van der Waals surface area (Å²) in [6, 6.07) is 2.58. The van der Waals surface area contributed by atoms with Crippen LogP contribution in [0.3, 0.4) is 0 Å². The zero-order chi connectivity index (χ0) is 19.9. The molecular formula is C16H25N3O6S2. The van der Waals surface area contributed by atoms with E-state index in [-0.39, 0.29) is 30.5 Å². The second-order valence-electron chi connectivity index (χ2n) is 5.81. The fourth-order valence-electron chi connectivity index (χ4n) is 2.55. The molecule has 0 radical (unpaired) electrons. The molecule has 2 rings (SSSR count). The lowest BCUT2D eigenvalue weighted by molar-refractivity contribution is 0.0483. The molecule has 1 aromatic heterocycles. The number of thiocarbonyl (C=S) groups is 1. The SMILES string of the molecule is CCOC(=O)c1ccc(S(=O)(=O)N2CCN(C(=S)NCCCOC)CC2)o1. The van der Waals surface area contributed by atoms with Gasteiger partial charge in [0.05, 0.1) is 6.61 Å². The maximum Gasteiger partial charge on any atom is 0.374 e. The van der Waals surface area contributed by atoms with Crippen LogP contribution in [0.1, 0.15) is 23.9 Å². The number of rotatable bonds is 8. The largest absolute Gasteiger partial charge is 0.460 e. The van der Waals surface area contributed by atoms with Crippen molar-refractivity contribution in [2.75, 3.05) is 53.0 Å². The number of ether oxygens (including phenoxy) is 2. The Morgan fingerprint density at radius 2 is 2.00 bits per heavy atom. The molecule has 1 aliphatic heterocycles. The second kappa shape index (κ2) is 10.0. The van der Waals surface area contributed by atoms with Crippen LogP contribution in [0.4, 0.5) is 0 Å². The van der Waals surface area contributed by atoms with Gasteiger partial charge in [-0.1, -0.05) is 0 Å². The van der Waals surface area contributed by atoms with Gasteiger partial charge in [0.15, 0.2) is 5.11 Å². The summed E-state index contributed by atoms with van der Waals surface area (Å²) in [6.45, 7) is 4.70. The molecule has 0 atom stereocenters. The van der Waals surface area contributed by atoms with Gasteiger partial charge in [0, 0.05) is 46.4 Å². The van der Waals surface area contributed by atoms with Crippen molar-refractivity contribution in [2.45, 2.75) is 18.4 Å². The predicted octanol–water partition coefficient (Wildman–Crippen LogP) is 0.674. The summed E-state index contributed by atoms with van der Waals surface area (Å²) in [5.74, 6) is -0.816. The molecule has 152 valence electrons. The van der Waals surface area contributed by atoms with Crippen LogP contribution in [0.2, 0.25) is 0 Å². The van der Waals surface area contributed by atoms with Crippen molar-refractivity contribution in [1.82, 2.24) is 14.5 Å². The first-order valence-corrected chi connectivity index (χ1v) is 10.5. The fraction of sp³-hybridized carbons (Fsp3) is 0.625. The lowest BCUT2D eigenvalue weighted by Crippen LogP contribution is -2.53. The van der Waals surface area contributed by atoms with Crippen molar-refractivity contribution >= 4 is 33.3 Å². The molecule has 0 saturated carbocycles. The van der Waals surface area contributed by atoms with Crippen molar-refractivity contribution < 1.29 is 27.1 Å². The number of sulfonamides is 1. The Bertz CT molecular complexity index is 741. The van der Waals surface area contributed by atoms with Gasteiger partial charge < -0.3 is 24.1 Å². The number of carbonyl (C=O) groups is 1. The third kappa shape index (κ3) is 5.64. The minimum atomic E-state index is -3.81. The van der Waals surface area contributed by atoms with Gasteiger partial charge in [-0.15, -0.1) is 0 Å². The number of methoxy groups -OCH3 is 1. The molecular weight excluding hydrogens is 394 g/mol. The van der Waals surface area contributed by atoms with Crippen molar-refractivity contribution in [1.29, 1.82) is 0 Å². The first-order chi connectivity index (χ1) is 12.9. The minimum absolute atomic E-state index is 0.129. The fourth-order valence-corrected chi connectivity index (χ4v) is 4.17. The molecule has 0 aliphatic carbocycles. The number of furan rings is 1. The molecule has 0 bridgehead atoms. The highest BCUT2D eigenvalue weighted by Gasteiger charge is 2.32. The van der Waals surface area contributed by atoms with E-state index in [1.807, 2.05) is 4.90 Å². The van der Waals surface area contributed by atoms with Gasteiger partial charge in [-0.3, -0.25) is 0 Å². The molecule has 1 aromatic rings. The van der Waals surface area contributed by atoms with E-state index in [0.29, 0.717) is 31.4 Å². The molecule has 0 amide bonds. The zero-order valence-electron chi connectivity index (χ0n) is 15.5. The van der Waals surface area contributed by atoms with E-state index in [1.165, 1.54) is 16.4 Å². The highest BCUT2D eigenvalue weighted by atomic mass is 32.2. The Hall–Kier alpha value is -1.69. The molecule has 1 saturated heterocycles. The minimum Gasteiger partial charge on any atom is -0.460 e. The van der Waals surface area contributed by atoms with E-state index in [0.717, 1.165) is 6.42 Å². The van der Waals surface area contributed by atoms with E-state index in [2.05, 4.69) is 5.32 Å². The third-order valence-corrected chi connectivity index (χ3v) is 6.15. The molecule has 0 aromatic carbocycles. The highest BCUT2D eigenvalue weighted by Crippen LogP contribution is 2.21. The summed E-state index contributed by atoms with van der Waals surface area (Å²) in [4.78, 5) is 13.6. The molecule has 1 aliphatic rings. The van der Waals surface area contributed by atoms with E-state index in [4.69, 9.17) is 26.1 Å². The summed E-state index contributed by atoms with van der Waals surface area (Å²) in [5, 5.41) is 3.48. The van der Waals surface area contributed by atoms with Gasteiger partial charge in [0.1, 0.15) is 0 Å². The van der Waals surface area contributed by atoms with Crippen LogP contribution >= 0.6 is 12.2 Å². The topological polar surface area (TPSA) is 101 Å². The number of nitrogens with zero attached hydrogens (tertiary/aromatic N) is 2. The lowest BCUT2D eigenvalue weighted by Gasteiger charge is -2.35. The van der Waals surface area contributed by atoms with Crippen molar-refractivity contribution in [3.8, 4) is 0 Å². The Morgan fingerprint density at radius 1 is 1.30 bits per heavy atom. The van der Waals surface area contributed by atoms with E-state index >= 15 is 0 Å². The quantitative estimate of drug-likeness (QED) is 0.370. The summed E-state index contributed by atoms with van der Waals surface area (Å²) in [5.41, 5.74) is 0. The maximum atomic E-state index is 12.7. The maximum absolute atomic E-state index is 12.7. The van der Waals surface area contributed by atoms with Gasteiger partial charge in [-0.25, -0.2) is 13.2 Å². The third-order valence-electron chi connectivity index (χ3n) is 3.98. The first-order valence-electron chi connectivity index (χ1n) is 8.69. The Labute approximate surface area is 164 Å². The number of nitrogens with one attached hydrogen (secondary N) is 1. The standard InChI is InChI=1S/C16H25N3O6S2/c1-3-24-15(20)13-5-6-14(25-13)27(21,22)19-10-8-18(9-11-19)16(26)17-7-4-12-23-2/h5-6H,3-4,7-12H2,1-2H3,(H,17,26). The van der Waals surface area contributed by atoms with Gasteiger partial charge in [-0.2, -0.15) is 4.31 Å². The van der Waals surface area contributed by atoms with Crippen LogP contribution < -0.4 is 5.32 Å². The van der Waals surface area contributed by atoms with Gasteiger partial charge >= 0.3 is 5.97 Å². The monoisotopic (exact) mass is 419 g/mol. The van der Waals surface area contributed by atoms with Crippen molar-refractivity contribution in [2.24, 2.45) is 0 Å². The average molecular weight is 420 g/mol. The molecule has 11 heteroatoms. The summed E-state index contributed by atoms with van der Waals surface area (Å²) in [7, 11) is -2.17. The predicted molar refractivity (Wildman–Crippen MR) is 102 cm³/mol. The van der Waals surface area contributed by atoms with Crippen molar-refractivity contribution in [3.63, 3.8) is 0 Å². The summed E-state index contributed by atoms with van der Waals surface area (Å²) in [6.07, 6.45) is 0.840. The molecule has 27 heavy (non-hydrogen) atoms. The number of hydrogen-bond donors (Lipinski definition) is 1. The van der Waals surface area contributed by atoms with Crippen LogP contribution in [-0.4, -0.2) is 81.8 Å². The van der Waals surface area contributed by atoms with Crippen molar-refractivity contribution in [3.05, 3.63) is 17.9 Å². The van der Waals surface area contributed by atoms with Gasteiger partial charge in [0.2, 0.25) is 10.9 Å². The summed E-state index contributed by atoms with van der Waals surface area (Å²) < 4.78 is 41.7. The first kappa shape index (κ1) is 21.6. The highest BCUT2D eigenvalue weighted by molar-refractivity contribution is 7.89. The van der Waals surface area contributed by atoms with Crippen LogP contribution in [0.5, 0.6) is 0 Å². The Morgan fingerprint density at radius 3 is 2.63 bits per heavy atom. The van der Waals surface area contributed by atoms with Crippen LogP contribution in [-0.2, 0) is 19.5 Å². The van der Waals surface area contributed by atoms with E-state index in [1.54, 1.807) is 14.0 Å². The Kier molecular flexibility index (Phi) is 8.02. The molecule has 2 heterocycles. The second-order valence-corrected chi connectivity index (χ2v) is 8.06. The van der Waals surface area contributed by atoms with Crippen LogP contribution in [0.15, 0.2) is 21.6 Å². The smallest absolute Gasteiger partial charge is 0.374 e. The Balaban J connectivity index is 1.91. The number of carbonyl (C=O) groups excluding carboxylic acids is 1. The van der Waals surface area contributed by atoms with E-state index in [9.17, 15) is 13.2 Å². The molecule has 0 spiro atoms. The van der Waals surface area contributed by atoms with Gasteiger partial charge in [-0.05, 0) is 37.7 Å². The normalized spacial score (nSPS) is 15.6. The lowest BCUT2D eigenvalue weighted by atomic mass is 10.4. The van der Waals surface area contributed by atoms with Crippen LogP contribution in [0, 0.1) is 0 Å². The number of piperazine rings is 1. The summed E-state index contributed by atoms with van der Waals surface area (Å²) >= 11 is 5.34. The van der Waals surface area contributed by atoms with Crippen LogP contribution in [0.25, 0.3) is 0 Å². The van der Waals surface area contributed by atoms with Gasteiger partial charge in [0.25, 0.3) is 10.0 Å².